The number of carbonyl (C=O) groups excluding carboxylic acids is 1. The van der Waals surface area contributed by atoms with Crippen LogP contribution in [-0.2, 0) is 6.54 Å². The average Bonchev–Trinajstić information content (AvgIpc) is 3.68. The van der Waals surface area contributed by atoms with Crippen molar-refractivity contribution in [3.8, 4) is 0 Å². The molecular formula is C27H31N3O2. The van der Waals surface area contributed by atoms with E-state index in [1.54, 1.807) is 11.0 Å². The van der Waals surface area contributed by atoms with Crippen LogP contribution in [0.15, 0.2) is 53.3 Å². The molecule has 0 unspecified atom stereocenters. The molecule has 0 bridgehead atoms. The van der Waals surface area contributed by atoms with E-state index in [1.807, 2.05) is 42.8 Å². The van der Waals surface area contributed by atoms with Crippen molar-refractivity contribution >= 4 is 28.2 Å². The highest BCUT2D eigenvalue weighted by Gasteiger charge is 2.27. The molecule has 5 nitrogen and oxygen atoms in total. The first-order valence-electron chi connectivity index (χ1n) is 11.9. The molecule has 166 valence electrons. The summed E-state index contributed by atoms with van der Waals surface area (Å²) in [6.07, 6.45) is 6.04. The van der Waals surface area contributed by atoms with Gasteiger partial charge in [0, 0.05) is 55.1 Å². The summed E-state index contributed by atoms with van der Waals surface area (Å²) in [6.45, 7) is 4.82. The Morgan fingerprint density at radius 3 is 2.38 bits per heavy atom. The average molecular weight is 430 g/mol. The molecule has 0 atom stereocenters. The van der Waals surface area contributed by atoms with Crippen LogP contribution in [0.3, 0.4) is 0 Å². The van der Waals surface area contributed by atoms with Crippen molar-refractivity contribution in [1.29, 1.82) is 0 Å². The lowest BCUT2D eigenvalue weighted by Gasteiger charge is -2.29. The summed E-state index contributed by atoms with van der Waals surface area (Å²) >= 11 is 0. The van der Waals surface area contributed by atoms with Crippen LogP contribution in [-0.4, -0.2) is 30.6 Å². The van der Waals surface area contributed by atoms with E-state index in [0.717, 1.165) is 48.1 Å². The van der Waals surface area contributed by atoms with Crippen molar-refractivity contribution < 1.29 is 4.79 Å². The largest absolute Gasteiger partial charge is 0.372 e. The molecular weight excluding hydrogens is 398 g/mol. The molecule has 1 amide bonds. The van der Waals surface area contributed by atoms with Gasteiger partial charge in [-0.15, -0.1) is 0 Å². The lowest BCUT2D eigenvalue weighted by Crippen LogP contribution is -2.29. The van der Waals surface area contributed by atoms with Gasteiger partial charge in [-0.25, -0.2) is 0 Å². The number of hydrogen-bond donors (Lipinski definition) is 0. The van der Waals surface area contributed by atoms with Crippen LogP contribution in [0.25, 0.3) is 10.9 Å². The fourth-order valence-corrected chi connectivity index (χ4v) is 4.94. The van der Waals surface area contributed by atoms with Crippen molar-refractivity contribution in [3.05, 3.63) is 70.0 Å². The molecule has 32 heavy (non-hydrogen) atoms. The minimum absolute atomic E-state index is 0.0219. The van der Waals surface area contributed by atoms with Gasteiger partial charge in [-0.05, 0) is 93.0 Å². The highest BCUT2D eigenvalue weighted by atomic mass is 16.2. The standard InChI is InChI=1S/C27H31N3O2/c1-3-30-25-14-13-22(17-24(25)23(18-26(30)31)19-7-8-19)28(2)27(32)20-9-11-21(12-10-20)29-15-5-4-6-16-29/h9-14,17-19H,3-8,15-16H2,1-2H3. The van der Waals surface area contributed by atoms with Crippen LogP contribution < -0.4 is 15.4 Å². The number of fused-ring (bicyclic) bond motifs is 1. The number of pyridine rings is 1. The molecule has 3 aromatic rings. The van der Waals surface area contributed by atoms with E-state index in [-0.39, 0.29) is 11.5 Å². The number of anilines is 2. The summed E-state index contributed by atoms with van der Waals surface area (Å²) in [4.78, 5) is 29.9. The normalized spacial score (nSPS) is 16.4. The smallest absolute Gasteiger partial charge is 0.258 e. The van der Waals surface area contributed by atoms with Crippen LogP contribution in [0.1, 0.15) is 60.9 Å². The number of benzene rings is 2. The first-order chi connectivity index (χ1) is 15.6. The van der Waals surface area contributed by atoms with Crippen molar-refractivity contribution in [3.63, 3.8) is 0 Å². The second-order valence-electron chi connectivity index (χ2n) is 9.12. The monoisotopic (exact) mass is 429 g/mol. The molecule has 2 aliphatic rings. The van der Waals surface area contributed by atoms with Crippen molar-refractivity contribution in [2.45, 2.75) is 51.5 Å². The molecule has 5 rings (SSSR count). The summed E-state index contributed by atoms with van der Waals surface area (Å²) < 4.78 is 1.81. The number of piperidine rings is 1. The van der Waals surface area contributed by atoms with E-state index in [2.05, 4.69) is 23.1 Å². The van der Waals surface area contributed by atoms with E-state index < -0.39 is 0 Å². The second-order valence-corrected chi connectivity index (χ2v) is 9.12. The van der Waals surface area contributed by atoms with Crippen molar-refractivity contribution in [2.24, 2.45) is 0 Å². The Kier molecular flexibility index (Phi) is 5.50. The predicted molar refractivity (Wildman–Crippen MR) is 131 cm³/mol. The lowest BCUT2D eigenvalue weighted by atomic mass is 10.0. The highest BCUT2D eigenvalue weighted by Crippen LogP contribution is 2.43. The van der Waals surface area contributed by atoms with Gasteiger partial charge < -0.3 is 14.4 Å². The number of aryl methyl sites for hydroxylation is 1. The number of nitrogens with zero attached hydrogens (tertiary/aromatic N) is 3. The van der Waals surface area contributed by atoms with E-state index in [4.69, 9.17) is 0 Å². The summed E-state index contributed by atoms with van der Waals surface area (Å²) in [5, 5.41) is 1.09. The minimum atomic E-state index is -0.0219. The maximum absolute atomic E-state index is 13.2. The van der Waals surface area contributed by atoms with Crippen LogP contribution >= 0.6 is 0 Å². The van der Waals surface area contributed by atoms with E-state index in [1.165, 1.54) is 24.9 Å². The minimum Gasteiger partial charge on any atom is -0.372 e. The van der Waals surface area contributed by atoms with Gasteiger partial charge in [-0.1, -0.05) is 0 Å². The molecule has 1 aliphatic heterocycles. The Balaban J connectivity index is 1.44. The van der Waals surface area contributed by atoms with Gasteiger partial charge in [-0.2, -0.15) is 0 Å². The van der Waals surface area contributed by atoms with Gasteiger partial charge in [-0.3, -0.25) is 9.59 Å². The molecule has 2 aromatic carbocycles. The second kappa shape index (κ2) is 8.45. The molecule has 1 saturated carbocycles. The fraction of sp³-hybridized carbons (Fsp3) is 0.407. The molecule has 1 saturated heterocycles. The van der Waals surface area contributed by atoms with Gasteiger partial charge in [0.2, 0.25) is 0 Å². The molecule has 1 aromatic heterocycles. The van der Waals surface area contributed by atoms with Crippen molar-refractivity contribution in [2.75, 3.05) is 29.9 Å². The zero-order valence-electron chi connectivity index (χ0n) is 19.0. The third-order valence-electron chi connectivity index (χ3n) is 6.99. The Morgan fingerprint density at radius 1 is 1.00 bits per heavy atom. The SMILES string of the molecule is CCn1c(=O)cc(C2CC2)c2cc(N(C)C(=O)c3ccc(N4CCCCC4)cc3)ccc21. The predicted octanol–water partition coefficient (Wildman–Crippen LogP) is 5.17. The Hall–Kier alpha value is -3.08. The lowest BCUT2D eigenvalue weighted by molar-refractivity contribution is 0.0993. The van der Waals surface area contributed by atoms with E-state index >= 15 is 0 Å². The quantitative estimate of drug-likeness (QED) is 0.562. The molecule has 5 heteroatoms. The van der Waals surface area contributed by atoms with E-state index in [9.17, 15) is 9.59 Å². The zero-order chi connectivity index (χ0) is 22.2. The summed E-state index contributed by atoms with van der Waals surface area (Å²) in [7, 11) is 1.83. The van der Waals surface area contributed by atoms with Crippen LogP contribution in [0.5, 0.6) is 0 Å². The van der Waals surface area contributed by atoms with Gasteiger partial charge >= 0.3 is 0 Å². The van der Waals surface area contributed by atoms with Crippen LogP contribution in [0, 0.1) is 0 Å². The van der Waals surface area contributed by atoms with Gasteiger partial charge in [0.05, 0.1) is 5.52 Å². The zero-order valence-corrected chi connectivity index (χ0v) is 19.0. The first kappa shape index (κ1) is 20.8. The molecule has 0 N–H and O–H groups in total. The number of aromatic nitrogens is 1. The number of rotatable bonds is 5. The number of hydrogen-bond acceptors (Lipinski definition) is 3. The molecule has 2 fully saturated rings. The Labute approximate surface area is 189 Å². The van der Waals surface area contributed by atoms with Gasteiger partial charge in [0.25, 0.3) is 11.5 Å². The first-order valence-corrected chi connectivity index (χ1v) is 11.9. The highest BCUT2D eigenvalue weighted by molar-refractivity contribution is 6.06. The fourth-order valence-electron chi connectivity index (χ4n) is 4.94. The number of amides is 1. The Bertz CT molecular complexity index is 1200. The molecule has 0 radical (unpaired) electrons. The maximum atomic E-state index is 13.2. The third kappa shape index (κ3) is 3.81. The topological polar surface area (TPSA) is 45.6 Å². The van der Waals surface area contributed by atoms with Crippen LogP contribution in [0.4, 0.5) is 11.4 Å². The molecule has 2 heterocycles. The molecule has 0 spiro atoms. The summed E-state index contributed by atoms with van der Waals surface area (Å²) in [5.41, 5.74) is 4.88. The Morgan fingerprint density at radius 2 is 1.72 bits per heavy atom. The number of carbonyl (C=O) groups is 1. The van der Waals surface area contributed by atoms with E-state index in [0.29, 0.717) is 18.0 Å². The van der Waals surface area contributed by atoms with Gasteiger partial charge in [0.1, 0.15) is 0 Å². The summed E-state index contributed by atoms with van der Waals surface area (Å²) in [5.74, 6) is 0.446. The summed E-state index contributed by atoms with van der Waals surface area (Å²) in [6, 6.07) is 15.8. The molecule has 1 aliphatic carbocycles. The van der Waals surface area contributed by atoms with Crippen LogP contribution in [0.2, 0.25) is 0 Å². The third-order valence-corrected chi connectivity index (χ3v) is 6.99. The van der Waals surface area contributed by atoms with Crippen molar-refractivity contribution in [1.82, 2.24) is 4.57 Å². The van der Waals surface area contributed by atoms with Gasteiger partial charge in [0.15, 0.2) is 0 Å². The maximum Gasteiger partial charge on any atom is 0.258 e.